The monoisotopic (exact) mass is 260 g/mol. The molecule has 0 aliphatic carbocycles. The summed E-state index contributed by atoms with van der Waals surface area (Å²) in [6.07, 6.45) is 0. The predicted octanol–water partition coefficient (Wildman–Crippen LogP) is 2.16. The van der Waals surface area contributed by atoms with Gasteiger partial charge in [0.25, 0.3) is 0 Å². The molecule has 76 valence electrons. The molecule has 0 aromatic heterocycles. The number of aromatic carboxylic acids is 1. The second-order valence-electron chi connectivity index (χ2n) is 2.47. The van der Waals surface area contributed by atoms with Crippen molar-refractivity contribution in [3.05, 3.63) is 22.2 Å². The third-order valence-corrected chi connectivity index (χ3v) is 2.50. The molecule has 1 rings (SSSR count). The van der Waals surface area contributed by atoms with Crippen LogP contribution in [0.25, 0.3) is 0 Å². The summed E-state index contributed by atoms with van der Waals surface area (Å²) in [5, 5.41) is 8.82. The van der Waals surface area contributed by atoms with Gasteiger partial charge in [-0.05, 0) is 28.1 Å². The number of carbonyl (C=O) groups is 1. The zero-order valence-corrected chi connectivity index (χ0v) is 9.29. The number of benzene rings is 1. The minimum absolute atomic E-state index is 0.141. The van der Waals surface area contributed by atoms with Crippen LogP contribution < -0.4 is 9.47 Å². The van der Waals surface area contributed by atoms with Crippen molar-refractivity contribution in [3.63, 3.8) is 0 Å². The van der Waals surface area contributed by atoms with E-state index in [9.17, 15) is 4.79 Å². The van der Waals surface area contributed by atoms with Crippen molar-refractivity contribution >= 4 is 21.9 Å². The topological polar surface area (TPSA) is 55.8 Å². The first-order valence-corrected chi connectivity index (χ1v) is 4.55. The molecule has 0 unspecified atom stereocenters. The highest BCUT2D eigenvalue weighted by molar-refractivity contribution is 9.10. The van der Waals surface area contributed by atoms with Gasteiger partial charge in [0.1, 0.15) is 0 Å². The molecule has 0 aliphatic heterocycles. The summed E-state index contributed by atoms with van der Waals surface area (Å²) in [6.45, 7) is 0. The van der Waals surface area contributed by atoms with Crippen LogP contribution in [0, 0.1) is 0 Å². The van der Waals surface area contributed by atoms with E-state index in [0.717, 1.165) is 0 Å². The van der Waals surface area contributed by atoms with Crippen LogP contribution in [0.5, 0.6) is 11.5 Å². The van der Waals surface area contributed by atoms with Gasteiger partial charge in [0.05, 0.1) is 24.3 Å². The van der Waals surface area contributed by atoms with Crippen molar-refractivity contribution < 1.29 is 19.4 Å². The van der Waals surface area contributed by atoms with Gasteiger partial charge in [0, 0.05) is 0 Å². The van der Waals surface area contributed by atoms with E-state index in [2.05, 4.69) is 15.9 Å². The van der Waals surface area contributed by atoms with Gasteiger partial charge in [-0.2, -0.15) is 0 Å². The standard InChI is InChI=1S/C9H9BrO4/c1-13-6-4-3-5(9(11)12)7(10)8(6)14-2/h3-4H,1-2H3,(H,11,12). The maximum absolute atomic E-state index is 10.8. The van der Waals surface area contributed by atoms with Crippen molar-refractivity contribution in [2.24, 2.45) is 0 Å². The fraction of sp³-hybridized carbons (Fsp3) is 0.222. The van der Waals surface area contributed by atoms with Crippen LogP contribution in [-0.4, -0.2) is 25.3 Å². The number of halogens is 1. The minimum atomic E-state index is -1.02. The normalized spacial score (nSPS) is 9.64. The van der Waals surface area contributed by atoms with E-state index in [-0.39, 0.29) is 5.56 Å². The fourth-order valence-corrected chi connectivity index (χ4v) is 1.71. The molecule has 1 N–H and O–H groups in total. The number of hydrogen-bond donors (Lipinski definition) is 1. The van der Waals surface area contributed by atoms with Crippen molar-refractivity contribution in [1.29, 1.82) is 0 Å². The summed E-state index contributed by atoms with van der Waals surface area (Å²) >= 11 is 3.15. The van der Waals surface area contributed by atoms with Crippen molar-refractivity contribution in [2.45, 2.75) is 0 Å². The van der Waals surface area contributed by atoms with Crippen molar-refractivity contribution in [2.75, 3.05) is 14.2 Å². The highest BCUT2D eigenvalue weighted by Gasteiger charge is 2.16. The van der Waals surface area contributed by atoms with E-state index in [1.807, 2.05) is 0 Å². The molecule has 0 saturated carbocycles. The summed E-state index contributed by atoms with van der Waals surface area (Å²) in [5.41, 5.74) is 0.141. The Morgan fingerprint density at radius 2 is 2.00 bits per heavy atom. The highest BCUT2D eigenvalue weighted by Crippen LogP contribution is 2.37. The summed E-state index contributed by atoms with van der Waals surface area (Å²) in [7, 11) is 2.94. The van der Waals surface area contributed by atoms with E-state index in [1.165, 1.54) is 20.3 Å². The summed E-state index contributed by atoms with van der Waals surface area (Å²) in [6, 6.07) is 3.00. The van der Waals surface area contributed by atoms with Crippen LogP contribution in [0.2, 0.25) is 0 Å². The van der Waals surface area contributed by atoms with E-state index >= 15 is 0 Å². The van der Waals surface area contributed by atoms with Gasteiger partial charge in [-0.3, -0.25) is 0 Å². The first kappa shape index (κ1) is 10.8. The van der Waals surface area contributed by atoms with Gasteiger partial charge < -0.3 is 14.6 Å². The Morgan fingerprint density at radius 3 is 2.43 bits per heavy atom. The number of rotatable bonds is 3. The van der Waals surface area contributed by atoms with Gasteiger partial charge in [0.2, 0.25) is 0 Å². The Hall–Kier alpha value is -1.23. The molecular weight excluding hydrogens is 252 g/mol. The lowest BCUT2D eigenvalue weighted by molar-refractivity contribution is 0.0695. The minimum Gasteiger partial charge on any atom is -0.493 e. The lowest BCUT2D eigenvalue weighted by Crippen LogP contribution is -2.00. The van der Waals surface area contributed by atoms with Crippen LogP contribution in [-0.2, 0) is 0 Å². The third-order valence-electron chi connectivity index (χ3n) is 1.72. The lowest BCUT2D eigenvalue weighted by atomic mass is 10.2. The molecule has 4 nitrogen and oxygen atoms in total. The first-order valence-electron chi connectivity index (χ1n) is 3.75. The fourth-order valence-electron chi connectivity index (χ4n) is 1.05. The Morgan fingerprint density at radius 1 is 1.36 bits per heavy atom. The largest absolute Gasteiger partial charge is 0.493 e. The van der Waals surface area contributed by atoms with Gasteiger partial charge in [-0.15, -0.1) is 0 Å². The average Bonchev–Trinajstić information content (AvgIpc) is 2.16. The van der Waals surface area contributed by atoms with Gasteiger partial charge in [-0.1, -0.05) is 0 Å². The van der Waals surface area contributed by atoms with Crippen LogP contribution in [0.3, 0.4) is 0 Å². The average molecular weight is 261 g/mol. The van der Waals surface area contributed by atoms with E-state index < -0.39 is 5.97 Å². The predicted molar refractivity (Wildman–Crippen MR) is 54.2 cm³/mol. The van der Waals surface area contributed by atoms with Crippen LogP contribution in [0.4, 0.5) is 0 Å². The molecule has 14 heavy (non-hydrogen) atoms. The molecule has 0 bridgehead atoms. The smallest absolute Gasteiger partial charge is 0.336 e. The highest BCUT2D eigenvalue weighted by atomic mass is 79.9. The van der Waals surface area contributed by atoms with Crippen LogP contribution in [0.15, 0.2) is 16.6 Å². The van der Waals surface area contributed by atoms with E-state index in [0.29, 0.717) is 16.0 Å². The zero-order valence-electron chi connectivity index (χ0n) is 7.70. The second kappa shape index (κ2) is 4.32. The number of methoxy groups -OCH3 is 2. The molecule has 0 spiro atoms. The molecule has 1 aromatic rings. The van der Waals surface area contributed by atoms with E-state index in [4.69, 9.17) is 14.6 Å². The number of carboxylic acid groups (broad SMARTS) is 1. The molecule has 0 saturated heterocycles. The quantitative estimate of drug-likeness (QED) is 0.905. The molecule has 1 aromatic carbocycles. The number of hydrogen-bond acceptors (Lipinski definition) is 3. The maximum atomic E-state index is 10.8. The summed E-state index contributed by atoms with van der Waals surface area (Å²) in [4.78, 5) is 10.8. The first-order chi connectivity index (χ1) is 6.61. The molecule has 0 heterocycles. The Labute approximate surface area is 89.6 Å². The van der Waals surface area contributed by atoms with Crippen molar-refractivity contribution in [1.82, 2.24) is 0 Å². The SMILES string of the molecule is COc1ccc(C(=O)O)c(Br)c1OC. The molecule has 0 radical (unpaired) electrons. The molecule has 5 heteroatoms. The van der Waals surface area contributed by atoms with Gasteiger partial charge >= 0.3 is 5.97 Å². The molecule has 0 atom stereocenters. The van der Waals surface area contributed by atoms with Gasteiger partial charge in [0.15, 0.2) is 11.5 Å². The number of carboxylic acids is 1. The molecular formula is C9H9BrO4. The maximum Gasteiger partial charge on any atom is 0.336 e. The van der Waals surface area contributed by atoms with Crippen LogP contribution in [0.1, 0.15) is 10.4 Å². The van der Waals surface area contributed by atoms with Crippen molar-refractivity contribution in [3.8, 4) is 11.5 Å². The molecule has 0 amide bonds. The third kappa shape index (κ3) is 1.82. The Balaban J connectivity index is 3.34. The zero-order chi connectivity index (χ0) is 10.7. The Kier molecular flexibility index (Phi) is 3.35. The van der Waals surface area contributed by atoms with Crippen LogP contribution >= 0.6 is 15.9 Å². The van der Waals surface area contributed by atoms with Gasteiger partial charge in [-0.25, -0.2) is 4.79 Å². The summed E-state index contributed by atoms with van der Waals surface area (Å²) in [5.74, 6) is -0.144. The second-order valence-corrected chi connectivity index (χ2v) is 3.26. The Bertz CT molecular complexity index is 362. The molecule has 0 aliphatic rings. The number of ether oxygens (including phenoxy) is 2. The summed E-state index contributed by atoms with van der Waals surface area (Å²) < 4.78 is 10.4. The lowest BCUT2D eigenvalue weighted by Gasteiger charge is -2.10. The van der Waals surface area contributed by atoms with E-state index in [1.54, 1.807) is 6.07 Å². The molecule has 0 fully saturated rings.